The number of hydrogen-bond donors (Lipinski definition) is 1. The SMILES string of the molecule is Fc1ccc(-c2[nH]ncc2CCN2CCCCC2)cc1. The Hall–Kier alpha value is -1.68. The van der Waals surface area contributed by atoms with Gasteiger partial charge in [-0.05, 0) is 62.2 Å². The molecule has 1 fully saturated rings. The average molecular weight is 273 g/mol. The van der Waals surface area contributed by atoms with Gasteiger partial charge in [0.1, 0.15) is 5.82 Å². The van der Waals surface area contributed by atoms with Crippen molar-refractivity contribution in [3.8, 4) is 11.3 Å². The van der Waals surface area contributed by atoms with Gasteiger partial charge in [-0.2, -0.15) is 5.10 Å². The minimum absolute atomic E-state index is 0.205. The van der Waals surface area contributed by atoms with Gasteiger partial charge >= 0.3 is 0 Å². The third-order valence-electron chi connectivity index (χ3n) is 4.00. The van der Waals surface area contributed by atoms with Gasteiger partial charge in [-0.25, -0.2) is 4.39 Å². The van der Waals surface area contributed by atoms with Crippen LogP contribution in [0.1, 0.15) is 24.8 Å². The molecule has 0 aliphatic carbocycles. The van der Waals surface area contributed by atoms with Crippen molar-refractivity contribution >= 4 is 0 Å². The highest BCUT2D eigenvalue weighted by Crippen LogP contribution is 2.22. The maximum atomic E-state index is 13.0. The van der Waals surface area contributed by atoms with Crippen LogP contribution in [0, 0.1) is 5.82 Å². The molecule has 0 saturated carbocycles. The molecule has 0 amide bonds. The Bertz CT molecular complexity index is 541. The molecule has 1 aliphatic rings. The molecule has 4 heteroatoms. The van der Waals surface area contributed by atoms with Crippen LogP contribution < -0.4 is 0 Å². The number of nitrogens with zero attached hydrogens (tertiary/aromatic N) is 2. The maximum Gasteiger partial charge on any atom is 0.123 e. The van der Waals surface area contributed by atoms with Crippen LogP contribution in [-0.4, -0.2) is 34.7 Å². The predicted octanol–water partition coefficient (Wildman–Crippen LogP) is 3.24. The fourth-order valence-corrected chi connectivity index (χ4v) is 2.83. The number of likely N-dealkylation sites (tertiary alicyclic amines) is 1. The van der Waals surface area contributed by atoms with Crippen LogP contribution in [0.3, 0.4) is 0 Å². The number of aromatic amines is 1. The fourth-order valence-electron chi connectivity index (χ4n) is 2.83. The molecule has 20 heavy (non-hydrogen) atoms. The van der Waals surface area contributed by atoms with Crippen LogP contribution in [0.15, 0.2) is 30.5 Å². The third-order valence-corrected chi connectivity index (χ3v) is 4.00. The molecule has 0 unspecified atom stereocenters. The highest BCUT2D eigenvalue weighted by molar-refractivity contribution is 5.62. The Morgan fingerprint density at radius 3 is 2.60 bits per heavy atom. The molecule has 0 spiro atoms. The zero-order valence-electron chi connectivity index (χ0n) is 11.6. The van der Waals surface area contributed by atoms with Crippen molar-refractivity contribution in [1.82, 2.24) is 15.1 Å². The lowest BCUT2D eigenvalue weighted by Crippen LogP contribution is -2.31. The van der Waals surface area contributed by atoms with Crippen molar-refractivity contribution in [3.63, 3.8) is 0 Å². The van der Waals surface area contributed by atoms with E-state index in [1.165, 1.54) is 50.0 Å². The van der Waals surface area contributed by atoms with Crippen LogP contribution >= 0.6 is 0 Å². The molecule has 1 N–H and O–H groups in total. The van der Waals surface area contributed by atoms with E-state index in [0.717, 1.165) is 24.2 Å². The number of rotatable bonds is 4. The van der Waals surface area contributed by atoms with Gasteiger partial charge in [0.15, 0.2) is 0 Å². The van der Waals surface area contributed by atoms with Crippen LogP contribution in [0.4, 0.5) is 4.39 Å². The number of H-pyrrole nitrogens is 1. The first-order chi connectivity index (χ1) is 9.83. The molecular weight excluding hydrogens is 253 g/mol. The number of nitrogens with one attached hydrogen (secondary N) is 1. The van der Waals surface area contributed by atoms with Crippen molar-refractivity contribution in [1.29, 1.82) is 0 Å². The van der Waals surface area contributed by atoms with Crippen LogP contribution in [-0.2, 0) is 6.42 Å². The van der Waals surface area contributed by atoms with E-state index in [1.54, 1.807) is 12.1 Å². The van der Waals surface area contributed by atoms with E-state index < -0.39 is 0 Å². The van der Waals surface area contributed by atoms with E-state index in [4.69, 9.17) is 0 Å². The fraction of sp³-hybridized carbons (Fsp3) is 0.438. The van der Waals surface area contributed by atoms with Crippen molar-refractivity contribution in [2.24, 2.45) is 0 Å². The zero-order chi connectivity index (χ0) is 13.8. The average Bonchev–Trinajstić information content (AvgIpc) is 2.95. The van der Waals surface area contributed by atoms with Crippen LogP contribution in [0.5, 0.6) is 0 Å². The molecular formula is C16H20FN3. The van der Waals surface area contributed by atoms with E-state index in [9.17, 15) is 4.39 Å². The minimum atomic E-state index is -0.205. The van der Waals surface area contributed by atoms with Gasteiger partial charge in [-0.15, -0.1) is 0 Å². The van der Waals surface area contributed by atoms with Gasteiger partial charge in [0.25, 0.3) is 0 Å². The van der Waals surface area contributed by atoms with Gasteiger partial charge in [0.05, 0.1) is 11.9 Å². The Morgan fingerprint density at radius 2 is 1.85 bits per heavy atom. The van der Waals surface area contributed by atoms with E-state index in [1.807, 2.05) is 6.20 Å². The van der Waals surface area contributed by atoms with Crippen molar-refractivity contribution < 1.29 is 4.39 Å². The first-order valence-corrected chi connectivity index (χ1v) is 7.33. The number of hydrogen-bond acceptors (Lipinski definition) is 2. The molecule has 1 aliphatic heterocycles. The van der Waals surface area contributed by atoms with E-state index in [-0.39, 0.29) is 5.82 Å². The Kier molecular flexibility index (Phi) is 4.11. The second-order valence-corrected chi connectivity index (χ2v) is 5.43. The molecule has 2 heterocycles. The van der Waals surface area contributed by atoms with Crippen LogP contribution in [0.25, 0.3) is 11.3 Å². The molecule has 2 aromatic rings. The summed E-state index contributed by atoms with van der Waals surface area (Å²) in [5, 5.41) is 7.19. The summed E-state index contributed by atoms with van der Waals surface area (Å²) in [4.78, 5) is 2.52. The van der Waals surface area contributed by atoms with Gasteiger partial charge in [-0.3, -0.25) is 5.10 Å². The summed E-state index contributed by atoms with van der Waals surface area (Å²) in [5.74, 6) is -0.205. The second-order valence-electron chi connectivity index (χ2n) is 5.43. The number of halogens is 1. The lowest BCUT2D eigenvalue weighted by atomic mass is 10.0. The lowest BCUT2D eigenvalue weighted by Gasteiger charge is -2.26. The monoisotopic (exact) mass is 273 g/mol. The van der Waals surface area contributed by atoms with Gasteiger partial charge < -0.3 is 4.90 Å². The van der Waals surface area contributed by atoms with Crippen LogP contribution in [0.2, 0.25) is 0 Å². The van der Waals surface area contributed by atoms with Gasteiger partial charge in [0.2, 0.25) is 0 Å². The summed E-state index contributed by atoms with van der Waals surface area (Å²) in [6.45, 7) is 3.50. The normalized spacial score (nSPS) is 16.4. The number of aromatic nitrogens is 2. The Balaban J connectivity index is 1.68. The predicted molar refractivity (Wildman–Crippen MR) is 78.0 cm³/mol. The second kappa shape index (κ2) is 6.18. The standard InChI is InChI=1S/C16H20FN3/c17-15-6-4-13(5-7-15)16-14(12-18-19-16)8-11-20-9-2-1-3-10-20/h4-7,12H,1-3,8-11H2,(H,18,19). The highest BCUT2D eigenvalue weighted by atomic mass is 19.1. The molecule has 0 atom stereocenters. The molecule has 1 aromatic heterocycles. The zero-order valence-corrected chi connectivity index (χ0v) is 11.6. The molecule has 1 saturated heterocycles. The quantitative estimate of drug-likeness (QED) is 0.927. The highest BCUT2D eigenvalue weighted by Gasteiger charge is 2.12. The maximum absolute atomic E-state index is 13.0. The van der Waals surface area contributed by atoms with E-state index >= 15 is 0 Å². The van der Waals surface area contributed by atoms with Gasteiger partial charge in [0, 0.05) is 12.1 Å². The van der Waals surface area contributed by atoms with E-state index in [0.29, 0.717) is 0 Å². The Labute approximate surface area is 118 Å². The topological polar surface area (TPSA) is 31.9 Å². The summed E-state index contributed by atoms with van der Waals surface area (Å²) in [6, 6.07) is 6.58. The number of benzene rings is 1. The van der Waals surface area contributed by atoms with Crippen molar-refractivity contribution in [2.45, 2.75) is 25.7 Å². The first-order valence-electron chi connectivity index (χ1n) is 7.33. The lowest BCUT2D eigenvalue weighted by molar-refractivity contribution is 0.231. The smallest absolute Gasteiger partial charge is 0.123 e. The molecule has 1 aromatic carbocycles. The van der Waals surface area contributed by atoms with Crippen molar-refractivity contribution in [2.75, 3.05) is 19.6 Å². The summed E-state index contributed by atoms with van der Waals surface area (Å²) < 4.78 is 13.0. The largest absolute Gasteiger partial charge is 0.303 e. The molecule has 3 rings (SSSR count). The Morgan fingerprint density at radius 1 is 1.10 bits per heavy atom. The summed E-state index contributed by atoms with van der Waals surface area (Å²) in [7, 11) is 0. The molecule has 0 bridgehead atoms. The minimum Gasteiger partial charge on any atom is -0.303 e. The number of piperidine rings is 1. The molecule has 0 radical (unpaired) electrons. The summed E-state index contributed by atoms with van der Waals surface area (Å²) >= 11 is 0. The summed E-state index contributed by atoms with van der Waals surface area (Å²) in [5.41, 5.74) is 3.22. The third kappa shape index (κ3) is 3.07. The summed E-state index contributed by atoms with van der Waals surface area (Å²) in [6.07, 6.45) is 6.88. The molecule has 3 nitrogen and oxygen atoms in total. The van der Waals surface area contributed by atoms with Gasteiger partial charge in [-0.1, -0.05) is 6.42 Å². The molecule has 106 valence electrons. The first kappa shape index (κ1) is 13.3. The van der Waals surface area contributed by atoms with Crippen molar-refractivity contribution in [3.05, 3.63) is 41.8 Å². The van der Waals surface area contributed by atoms with E-state index in [2.05, 4.69) is 15.1 Å².